The molecule has 108 valence electrons. The van der Waals surface area contributed by atoms with Crippen LogP contribution in [-0.2, 0) is 4.79 Å². The van der Waals surface area contributed by atoms with Gasteiger partial charge in [-0.1, -0.05) is 0 Å². The minimum Gasteiger partial charge on any atom is -0.395 e. The van der Waals surface area contributed by atoms with Crippen LogP contribution in [0.1, 0.15) is 32.1 Å². The van der Waals surface area contributed by atoms with E-state index in [1.165, 1.54) is 25.7 Å². The predicted octanol–water partition coefficient (Wildman–Crippen LogP) is 0.754. The Balaban J connectivity index is 1.58. The summed E-state index contributed by atoms with van der Waals surface area (Å²) < 4.78 is 0. The highest BCUT2D eigenvalue weighted by Gasteiger charge is 2.46. The van der Waals surface area contributed by atoms with E-state index in [1.54, 1.807) is 0 Å². The van der Waals surface area contributed by atoms with Gasteiger partial charge in [-0.05, 0) is 36.9 Å². The molecule has 4 nitrogen and oxygen atoms in total. The molecule has 0 radical (unpaired) electrons. The topological polar surface area (TPSA) is 43.8 Å². The van der Waals surface area contributed by atoms with Gasteiger partial charge in [0.05, 0.1) is 6.61 Å². The van der Waals surface area contributed by atoms with Crippen molar-refractivity contribution in [3.8, 4) is 0 Å². The maximum atomic E-state index is 12.4. The molecular formula is C14H24N2O2S. The minimum absolute atomic E-state index is 0.224. The van der Waals surface area contributed by atoms with Crippen LogP contribution in [0.25, 0.3) is 0 Å². The van der Waals surface area contributed by atoms with Gasteiger partial charge in [0.25, 0.3) is 0 Å². The summed E-state index contributed by atoms with van der Waals surface area (Å²) in [5.41, 5.74) is 0.224. The van der Waals surface area contributed by atoms with Gasteiger partial charge in [0.15, 0.2) is 0 Å². The zero-order valence-corrected chi connectivity index (χ0v) is 12.3. The highest BCUT2D eigenvalue weighted by Crippen LogP contribution is 2.50. The van der Waals surface area contributed by atoms with Crippen LogP contribution >= 0.6 is 12.6 Å². The molecule has 0 aromatic heterocycles. The van der Waals surface area contributed by atoms with E-state index in [0.29, 0.717) is 24.4 Å². The largest absolute Gasteiger partial charge is 0.395 e. The lowest BCUT2D eigenvalue weighted by Gasteiger charge is -2.41. The van der Waals surface area contributed by atoms with Gasteiger partial charge in [-0.3, -0.25) is 9.69 Å². The molecule has 3 rings (SSSR count). The number of fused-ring (bicyclic) bond motifs is 2. The van der Waals surface area contributed by atoms with Crippen LogP contribution in [0.3, 0.4) is 0 Å². The number of aliphatic hydroxyl groups is 1. The zero-order valence-electron chi connectivity index (χ0n) is 11.4. The fourth-order valence-corrected chi connectivity index (χ4v) is 4.10. The number of carbonyl (C=O) groups excluding carboxylic acids is 1. The number of nitrogens with zero attached hydrogens (tertiary/aromatic N) is 2. The molecular weight excluding hydrogens is 260 g/mol. The van der Waals surface area contributed by atoms with Gasteiger partial charge >= 0.3 is 0 Å². The van der Waals surface area contributed by atoms with Crippen LogP contribution in [-0.4, -0.2) is 64.9 Å². The number of thiol groups is 1. The summed E-state index contributed by atoms with van der Waals surface area (Å²) >= 11 is 4.39. The first-order valence-corrected chi connectivity index (χ1v) is 8.06. The Hall–Kier alpha value is -0.260. The van der Waals surface area contributed by atoms with Crippen LogP contribution in [0.4, 0.5) is 0 Å². The van der Waals surface area contributed by atoms with Crippen molar-refractivity contribution in [2.24, 2.45) is 5.41 Å². The van der Waals surface area contributed by atoms with Crippen molar-refractivity contribution in [1.82, 2.24) is 9.80 Å². The van der Waals surface area contributed by atoms with E-state index < -0.39 is 0 Å². The highest BCUT2D eigenvalue weighted by atomic mass is 32.1. The van der Waals surface area contributed by atoms with Crippen LogP contribution < -0.4 is 0 Å². The molecule has 3 aliphatic rings. The molecule has 2 bridgehead atoms. The lowest BCUT2D eigenvalue weighted by Crippen LogP contribution is -2.56. The molecule has 3 fully saturated rings. The van der Waals surface area contributed by atoms with Crippen molar-refractivity contribution in [2.45, 2.75) is 44.2 Å². The van der Waals surface area contributed by atoms with Gasteiger partial charge in [-0.2, -0.15) is 12.6 Å². The Kier molecular flexibility index (Phi) is 3.80. The summed E-state index contributed by atoms with van der Waals surface area (Å²) in [5, 5.41) is 9.12. The van der Waals surface area contributed by atoms with E-state index in [4.69, 9.17) is 5.11 Å². The molecule has 0 aromatic rings. The van der Waals surface area contributed by atoms with Gasteiger partial charge in [0.2, 0.25) is 5.91 Å². The molecule has 1 N–H and O–H groups in total. The van der Waals surface area contributed by atoms with E-state index in [-0.39, 0.29) is 12.0 Å². The quantitative estimate of drug-likeness (QED) is 0.733. The monoisotopic (exact) mass is 284 g/mol. The second kappa shape index (κ2) is 5.26. The Morgan fingerprint density at radius 3 is 2.37 bits per heavy atom. The molecule has 2 saturated heterocycles. The number of piperazine rings is 1. The first kappa shape index (κ1) is 13.7. The maximum absolute atomic E-state index is 12.4. The normalized spacial score (nSPS) is 32.6. The number of hydrogen-bond acceptors (Lipinski definition) is 4. The molecule has 0 spiro atoms. The fraction of sp³-hybridized carbons (Fsp3) is 0.929. The number of hydrogen-bond donors (Lipinski definition) is 2. The van der Waals surface area contributed by atoms with E-state index in [1.807, 2.05) is 0 Å². The molecule has 19 heavy (non-hydrogen) atoms. The molecule has 0 aromatic carbocycles. The van der Waals surface area contributed by atoms with Gasteiger partial charge in [0.1, 0.15) is 0 Å². The third-order valence-corrected chi connectivity index (χ3v) is 5.83. The first-order chi connectivity index (χ1) is 9.17. The van der Waals surface area contributed by atoms with Gasteiger partial charge in [-0.15, -0.1) is 0 Å². The summed E-state index contributed by atoms with van der Waals surface area (Å²) in [6.07, 6.45) is 5.37. The van der Waals surface area contributed by atoms with E-state index in [2.05, 4.69) is 22.4 Å². The molecule has 2 heterocycles. The van der Waals surface area contributed by atoms with Crippen LogP contribution in [0.15, 0.2) is 0 Å². The SMILES string of the molecule is O=C(CC1(CS)CC1)N1CC2CCC(C1)N2CCO. The van der Waals surface area contributed by atoms with E-state index >= 15 is 0 Å². The van der Waals surface area contributed by atoms with Gasteiger partial charge in [0, 0.05) is 38.1 Å². The standard InChI is InChI=1S/C14H24N2O2S/c17-6-5-16-11-1-2-12(16)9-15(8-11)13(18)7-14(10-19)3-4-14/h11-12,17,19H,1-10H2. The fourth-order valence-electron chi connectivity index (χ4n) is 3.67. The average molecular weight is 284 g/mol. The zero-order chi connectivity index (χ0) is 13.5. The Bertz CT molecular complexity index is 345. The van der Waals surface area contributed by atoms with Crippen molar-refractivity contribution in [3.63, 3.8) is 0 Å². The molecule has 2 unspecified atom stereocenters. The number of rotatable bonds is 5. The Morgan fingerprint density at radius 1 is 1.26 bits per heavy atom. The Morgan fingerprint density at radius 2 is 1.89 bits per heavy atom. The summed E-state index contributed by atoms with van der Waals surface area (Å²) in [6, 6.07) is 0.946. The first-order valence-electron chi connectivity index (χ1n) is 7.43. The lowest BCUT2D eigenvalue weighted by molar-refractivity contribution is -0.135. The number of amides is 1. The van der Waals surface area contributed by atoms with Gasteiger partial charge in [-0.25, -0.2) is 0 Å². The van der Waals surface area contributed by atoms with Gasteiger partial charge < -0.3 is 10.0 Å². The highest BCUT2D eigenvalue weighted by molar-refractivity contribution is 7.80. The lowest BCUT2D eigenvalue weighted by atomic mass is 10.0. The molecule has 2 atom stereocenters. The van der Waals surface area contributed by atoms with Crippen molar-refractivity contribution < 1.29 is 9.90 Å². The van der Waals surface area contributed by atoms with E-state index in [0.717, 1.165) is 25.4 Å². The summed E-state index contributed by atoms with van der Waals surface area (Å²) in [5.74, 6) is 1.17. The smallest absolute Gasteiger partial charge is 0.223 e. The second-order valence-electron chi connectivity index (χ2n) is 6.48. The van der Waals surface area contributed by atoms with Crippen LogP contribution in [0, 0.1) is 5.41 Å². The molecule has 1 aliphatic carbocycles. The predicted molar refractivity (Wildman–Crippen MR) is 77.3 cm³/mol. The number of likely N-dealkylation sites (tertiary alicyclic amines) is 1. The molecule has 5 heteroatoms. The third kappa shape index (κ3) is 2.65. The molecule has 2 aliphatic heterocycles. The van der Waals surface area contributed by atoms with E-state index in [9.17, 15) is 4.79 Å². The van der Waals surface area contributed by atoms with Crippen molar-refractivity contribution in [2.75, 3.05) is 32.0 Å². The van der Waals surface area contributed by atoms with Crippen molar-refractivity contribution >= 4 is 18.5 Å². The average Bonchev–Trinajstić information content (AvgIpc) is 3.14. The number of aliphatic hydroxyl groups excluding tert-OH is 1. The van der Waals surface area contributed by atoms with Crippen molar-refractivity contribution in [1.29, 1.82) is 0 Å². The summed E-state index contributed by atoms with van der Waals surface area (Å²) in [4.78, 5) is 16.9. The second-order valence-corrected chi connectivity index (χ2v) is 6.80. The third-order valence-electron chi connectivity index (χ3n) is 5.16. The molecule has 1 amide bonds. The summed E-state index contributed by atoms with van der Waals surface area (Å²) in [7, 11) is 0. The molecule has 1 saturated carbocycles. The maximum Gasteiger partial charge on any atom is 0.223 e. The van der Waals surface area contributed by atoms with Crippen LogP contribution in [0.2, 0.25) is 0 Å². The summed E-state index contributed by atoms with van der Waals surface area (Å²) in [6.45, 7) is 2.71. The van der Waals surface area contributed by atoms with Crippen LogP contribution in [0.5, 0.6) is 0 Å². The minimum atomic E-state index is 0.224. The Labute approximate surface area is 120 Å². The van der Waals surface area contributed by atoms with Crippen molar-refractivity contribution in [3.05, 3.63) is 0 Å². The number of carbonyl (C=O) groups is 1.